The van der Waals surface area contributed by atoms with E-state index in [1.165, 1.54) is 17.4 Å². The number of thiazole rings is 1. The smallest absolute Gasteiger partial charge is 0.383 e. The van der Waals surface area contributed by atoms with Crippen LogP contribution >= 0.6 is 22.9 Å². The number of anilines is 2. The molecule has 0 saturated heterocycles. The fraction of sp³-hybridized carbons (Fsp3) is 0.333. The Kier molecular flexibility index (Phi) is 6.30. The van der Waals surface area contributed by atoms with E-state index in [0.717, 1.165) is 12.3 Å². The Morgan fingerprint density at radius 3 is 2.64 bits per heavy atom. The van der Waals surface area contributed by atoms with E-state index in [0.29, 0.717) is 52.7 Å². The second-order valence-electron chi connectivity index (χ2n) is 7.86. The number of hydrogen-bond donors (Lipinski definition) is 3. The summed E-state index contributed by atoms with van der Waals surface area (Å²) in [5.41, 5.74) is 4.71. The Bertz CT molecular complexity index is 1180. The zero-order valence-corrected chi connectivity index (χ0v) is 18.6. The maximum Gasteiger partial charge on any atom is 0.433 e. The molecule has 174 valence electrons. The molecule has 1 saturated carbocycles. The molecule has 0 aliphatic heterocycles. The topological polar surface area (TPSA) is 114 Å². The number of nitrogens with one attached hydrogen (secondary N) is 1. The molecular weight excluding hydrogens is 479 g/mol. The number of carbonyl (C=O) groups excluding carboxylic acids is 1. The number of aliphatic hydroxyl groups is 1. The molecule has 0 radical (unpaired) electrons. The van der Waals surface area contributed by atoms with Gasteiger partial charge in [0.25, 0.3) is 0 Å². The Morgan fingerprint density at radius 2 is 1.97 bits per heavy atom. The van der Waals surface area contributed by atoms with Crippen LogP contribution < -0.4 is 11.1 Å². The van der Waals surface area contributed by atoms with Crippen molar-refractivity contribution in [2.75, 3.05) is 5.32 Å². The molecule has 2 aromatic heterocycles. The Balaban J connectivity index is 1.56. The number of alkyl halides is 3. The van der Waals surface area contributed by atoms with Crippen LogP contribution in [-0.2, 0) is 16.6 Å². The van der Waals surface area contributed by atoms with Gasteiger partial charge in [-0.25, -0.2) is 15.0 Å². The molecule has 1 amide bonds. The van der Waals surface area contributed by atoms with Crippen molar-refractivity contribution in [2.24, 2.45) is 11.7 Å². The van der Waals surface area contributed by atoms with Crippen LogP contribution in [0, 0.1) is 5.92 Å². The van der Waals surface area contributed by atoms with Gasteiger partial charge in [0.2, 0.25) is 11.9 Å². The second kappa shape index (κ2) is 8.88. The lowest BCUT2D eigenvalue weighted by Crippen LogP contribution is -2.35. The van der Waals surface area contributed by atoms with Crippen LogP contribution in [0.15, 0.2) is 35.8 Å². The van der Waals surface area contributed by atoms with E-state index in [9.17, 15) is 23.1 Å². The third-order valence-corrected chi connectivity index (χ3v) is 6.77. The minimum atomic E-state index is -4.59. The average molecular weight is 498 g/mol. The van der Waals surface area contributed by atoms with Crippen LogP contribution in [-0.4, -0.2) is 26.0 Å². The highest BCUT2D eigenvalue weighted by Crippen LogP contribution is 2.42. The molecule has 0 atom stereocenters. The predicted octanol–water partition coefficient (Wildman–Crippen LogP) is 4.88. The zero-order valence-electron chi connectivity index (χ0n) is 17.1. The number of nitrogens with zero attached hydrogens (tertiary/aromatic N) is 3. The number of primary amides is 1. The van der Waals surface area contributed by atoms with Crippen LogP contribution in [0.1, 0.15) is 36.4 Å². The van der Waals surface area contributed by atoms with Crippen molar-refractivity contribution < 1.29 is 23.1 Å². The standard InChI is InChI=1S/C21H19ClF3N5O2S/c22-13-7-12(8-14(9-13)28-19-27-6-3-16(30-19)21(23,24)25)15-10-33-18(29-15)20(32)4-1-11(2-5-20)17(26)31/h3,6-11,32H,1-2,4-5H2,(H2,26,31)(H,27,28,30). The van der Waals surface area contributed by atoms with Crippen molar-refractivity contribution in [3.63, 3.8) is 0 Å². The van der Waals surface area contributed by atoms with Gasteiger partial charge in [-0.2, -0.15) is 13.2 Å². The molecule has 33 heavy (non-hydrogen) atoms. The van der Waals surface area contributed by atoms with Gasteiger partial charge >= 0.3 is 6.18 Å². The number of halogens is 4. The largest absolute Gasteiger partial charge is 0.433 e. The zero-order chi connectivity index (χ0) is 23.8. The molecule has 1 aliphatic carbocycles. The summed E-state index contributed by atoms with van der Waals surface area (Å²) in [5, 5.41) is 16.4. The summed E-state index contributed by atoms with van der Waals surface area (Å²) < 4.78 is 38.7. The number of nitrogens with two attached hydrogens (primary N) is 1. The van der Waals surface area contributed by atoms with E-state index >= 15 is 0 Å². The summed E-state index contributed by atoms with van der Waals surface area (Å²) in [7, 11) is 0. The summed E-state index contributed by atoms with van der Waals surface area (Å²) in [4.78, 5) is 23.3. The van der Waals surface area contributed by atoms with Crippen molar-refractivity contribution >= 4 is 40.5 Å². The van der Waals surface area contributed by atoms with Gasteiger partial charge in [-0.15, -0.1) is 11.3 Å². The van der Waals surface area contributed by atoms with Gasteiger partial charge in [0.05, 0.1) is 5.69 Å². The molecule has 1 aromatic carbocycles. The average Bonchev–Trinajstić information content (AvgIpc) is 3.25. The maximum atomic E-state index is 12.9. The fourth-order valence-corrected chi connectivity index (χ4v) is 4.95. The molecule has 4 rings (SSSR count). The summed E-state index contributed by atoms with van der Waals surface area (Å²) in [6.07, 6.45) is -1.84. The molecule has 7 nitrogen and oxygen atoms in total. The molecule has 1 fully saturated rings. The van der Waals surface area contributed by atoms with Crippen LogP contribution in [0.25, 0.3) is 11.3 Å². The summed E-state index contributed by atoms with van der Waals surface area (Å²) in [5.74, 6) is -0.831. The van der Waals surface area contributed by atoms with Crippen LogP contribution in [0.5, 0.6) is 0 Å². The van der Waals surface area contributed by atoms with Crippen molar-refractivity contribution in [1.29, 1.82) is 0 Å². The van der Waals surface area contributed by atoms with E-state index < -0.39 is 17.5 Å². The van der Waals surface area contributed by atoms with Crippen molar-refractivity contribution in [3.05, 3.63) is 51.6 Å². The predicted molar refractivity (Wildman–Crippen MR) is 118 cm³/mol. The van der Waals surface area contributed by atoms with E-state index in [4.69, 9.17) is 17.3 Å². The van der Waals surface area contributed by atoms with E-state index in [1.54, 1.807) is 17.5 Å². The van der Waals surface area contributed by atoms with Crippen LogP contribution in [0.4, 0.5) is 24.8 Å². The maximum absolute atomic E-state index is 12.9. The SMILES string of the molecule is NC(=O)C1CCC(O)(c2nc(-c3cc(Cl)cc(Nc4nccc(C(F)(F)F)n4)c3)cs2)CC1. The lowest BCUT2D eigenvalue weighted by molar-refractivity contribution is -0.141. The third kappa shape index (κ3) is 5.26. The quantitative estimate of drug-likeness (QED) is 0.463. The van der Waals surface area contributed by atoms with Gasteiger partial charge in [0.15, 0.2) is 0 Å². The second-order valence-corrected chi connectivity index (χ2v) is 9.16. The molecular formula is C21H19ClF3N5O2S. The van der Waals surface area contributed by atoms with Gasteiger partial charge in [-0.1, -0.05) is 11.6 Å². The number of benzene rings is 1. The Hall–Kier alpha value is -2.76. The van der Waals surface area contributed by atoms with Crippen LogP contribution in [0.2, 0.25) is 5.02 Å². The minimum Gasteiger partial charge on any atom is -0.383 e. The normalized spacial score (nSPS) is 21.1. The van der Waals surface area contributed by atoms with E-state index in [1.807, 2.05) is 0 Å². The molecule has 0 bridgehead atoms. The minimum absolute atomic E-state index is 0.225. The first kappa shape index (κ1) is 23.4. The van der Waals surface area contributed by atoms with Gasteiger partial charge in [0.1, 0.15) is 16.3 Å². The highest BCUT2D eigenvalue weighted by Gasteiger charge is 2.39. The molecule has 12 heteroatoms. The van der Waals surface area contributed by atoms with Gasteiger partial charge in [0, 0.05) is 33.8 Å². The molecule has 4 N–H and O–H groups in total. The lowest BCUT2D eigenvalue weighted by atomic mass is 9.79. The lowest BCUT2D eigenvalue weighted by Gasteiger charge is -2.33. The fourth-order valence-electron chi connectivity index (χ4n) is 3.73. The van der Waals surface area contributed by atoms with Crippen LogP contribution in [0.3, 0.4) is 0 Å². The summed E-state index contributed by atoms with van der Waals surface area (Å²) in [6.45, 7) is 0. The highest BCUT2D eigenvalue weighted by molar-refractivity contribution is 7.10. The van der Waals surface area contributed by atoms with Crippen molar-refractivity contribution in [2.45, 2.75) is 37.5 Å². The molecule has 1 aliphatic rings. The van der Waals surface area contributed by atoms with Gasteiger partial charge < -0.3 is 16.2 Å². The number of carbonyl (C=O) groups is 1. The number of rotatable bonds is 5. The summed E-state index contributed by atoms with van der Waals surface area (Å²) >= 11 is 7.51. The first-order valence-corrected chi connectivity index (χ1v) is 11.3. The molecule has 3 aromatic rings. The van der Waals surface area contributed by atoms with E-state index in [-0.39, 0.29) is 17.8 Å². The number of amides is 1. The highest BCUT2D eigenvalue weighted by atomic mass is 35.5. The Labute approximate surface area is 195 Å². The molecule has 2 heterocycles. The number of aromatic nitrogens is 3. The van der Waals surface area contributed by atoms with Crippen molar-refractivity contribution in [3.8, 4) is 11.3 Å². The third-order valence-electron chi connectivity index (χ3n) is 5.51. The first-order valence-electron chi connectivity index (χ1n) is 9.99. The molecule has 0 unspecified atom stereocenters. The monoisotopic (exact) mass is 497 g/mol. The first-order chi connectivity index (χ1) is 15.5. The van der Waals surface area contributed by atoms with Crippen molar-refractivity contribution in [1.82, 2.24) is 15.0 Å². The number of hydrogen-bond acceptors (Lipinski definition) is 7. The van der Waals surface area contributed by atoms with Gasteiger partial charge in [-0.05, 0) is 49.9 Å². The van der Waals surface area contributed by atoms with Gasteiger partial charge in [-0.3, -0.25) is 4.79 Å². The molecule has 0 spiro atoms. The van der Waals surface area contributed by atoms with E-state index in [2.05, 4.69) is 20.3 Å². The Morgan fingerprint density at radius 1 is 1.24 bits per heavy atom. The summed E-state index contributed by atoms with van der Waals surface area (Å²) in [6, 6.07) is 5.63.